The SMILES string of the molecule is CC1NCCCN(Cc2ccccc2Cl)C1=O. The maximum atomic E-state index is 12.1. The van der Waals surface area contributed by atoms with Crippen molar-refractivity contribution in [3.63, 3.8) is 0 Å². The van der Waals surface area contributed by atoms with Gasteiger partial charge in [-0.1, -0.05) is 29.8 Å². The van der Waals surface area contributed by atoms with Gasteiger partial charge in [0.25, 0.3) is 0 Å². The molecule has 1 aromatic rings. The molecule has 0 radical (unpaired) electrons. The molecule has 1 saturated heterocycles. The Balaban J connectivity index is 2.12. The topological polar surface area (TPSA) is 32.3 Å². The normalized spacial score (nSPS) is 21.4. The van der Waals surface area contributed by atoms with Crippen LogP contribution in [0.1, 0.15) is 18.9 Å². The van der Waals surface area contributed by atoms with Gasteiger partial charge >= 0.3 is 0 Å². The molecule has 1 N–H and O–H groups in total. The highest BCUT2D eigenvalue weighted by atomic mass is 35.5. The molecule has 1 fully saturated rings. The summed E-state index contributed by atoms with van der Waals surface area (Å²) < 4.78 is 0. The maximum absolute atomic E-state index is 12.1. The fourth-order valence-electron chi connectivity index (χ4n) is 2.05. The summed E-state index contributed by atoms with van der Waals surface area (Å²) in [6, 6.07) is 7.59. The van der Waals surface area contributed by atoms with E-state index >= 15 is 0 Å². The van der Waals surface area contributed by atoms with Gasteiger partial charge in [-0.25, -0.2) is 0 Å². The number of carbonyl (C=O) groups is 1. The third-order valence-electron chi connectivity index (χ3n) is 3.06. The van der Waals surface area contributed by atoms with E-state index in [9.17, 15) is 4.79 Å². The van der Waals surface area contributed by atoms with Crippen molar-refractivity contribution in [1.29, 1.82) is 0 Å². The molecule has 0 aliphatic carbocycles. The van der Waals surface area contributed by atoms with Gasteiger partial charge < -0.3 is 10.2 Å². The Kier molecular flexibility index (Phi) is 4.02. The van der Waals surface area contributed by atoms with Gasteiger partial charge in [-0.3, -0.25) is 4.79 Å². The van der Waals surface area contributed by atoms with Gasteiger partial charge in [-0.15, -0.1) is 0 Å². The number of nitrogens with zero attached hydrogens (tertiary/aromatic N) is 1. The van der Waals surface area contributed by atoms with Crippen LogP contribution in [0.15, 0.2) is 24.3 Å². The van der Waals surface area contributed by atoms with Crippen molar-refractivity contribution in [3.05, 3.63) is 34.9 Å². The molecular weight excluding hydrogens is 236 g/mol. The maximum Gasteiger partial charge on any atom is 0.239 e. The first-order valence-corrected chi connectivity index (χ1v) is 6.32. The quantitative estimate of drug-likeness (QED) is 0.874. The second-order valence-corrected chi connectivity index (χ2v) is 4.79. The van der Waals surface area contributed by atoms with E-state index in [0.717, 1.165) is 30.1 Å². The summed E-state index contributed by atoms with van der Waals surface area (Å²) in [6.45, 7) is 4.20. The Labute approximate surface area is 107 Å². The number of halogens is 1. The van der Waals surface area contributed by atoms with E-state index in [-0.39, 0.29) is 11.9 Å². The Hall–Kier alpha value is -1.06. The van der Waals surface area contributed by atoms with Crippen LogP contribution in [0.3, 0.4) is 0 Å². The predicted octanol–water partition coefficient (Wildman–Crippen LogP) is 2.05. The summed E-state index contributed by atoms with van der Waals surface area (Å²) in [4.78, 5) is 14.0. The number of benzene rings is 1. The van der Waals surface area contributed by atoms with Gasteiger partial charge in [0.05, 0.1) is 6.04 Å². The molecule has 1 heterocycles. The molecule has 1 unspecified atom stereocenters. The fourth-order valence-corrected chi connectivity index (χ4v) is 2.24. The zero-order valence-electron chi connectivity index (χ0n) is 9.95. The molecule has 1 aromatic carbocycles. The van der Waals surface area contributed by atoms with E-state index in [0.29, 0.717) is 6.54 Å². The lowest BCUT2D eigenvalue weighted by Gasteiger charge is -2.23. The smallest absolute Gasteiger partial charge is 0.239 e. The molecule has 92 valence electrons. The molecule has 2 rings (SSSR count). The highest BCUT2D eigenvalue weighted by Gasteiger charge is 2.23. The molecular formula is C13H17ClN2O. The molecule has 1 aliphatic heterocycles. The third kappa shape index (κ3) is 2.99. The van der Waals surface area contributed by atoms with Crippen molar-refractivity contribution < 1.29 is 4.79 Å². The van der Waals surface area contributed by atoms with Gasteiger partial charge in [0.2, 0.25) is 5.91 Å². The van der Waals surface area contributed by atoms with Crippen molar-refractivity contribution >= 4 is 17.5 Å². The summed E-state index contributed by atoms with van der Waals surface area (Å²) in [5.41, 5.74) is 1.01. The van der Waals surface area contributed by atoms with Crippen LogP contribution in [0.4, 0.5) is 0 Å². The van der Waals surface area contributed by atoms with Crippen molar-refractivity contribution in [1.82, 2.24) is 10.2 Å². The minimum Gasteiger partial charge on any atom is -0.337 e. The number of rotatable bonds is 2. The third-order valence-corrected chi connectivity index (χ3v) is 3.43. The zero-order chi connectivity index (χ0) is 12.3. The van der Waals surface area contributed by atoms with E-state index in [1.165, 1.54) is 0 Å². The first kappa shape index (κ1) is 12.4. The average molecular weight is 253 g/mol. The van der Waals surface area contributed by atoms with Crippen LogP contribution in [-0.4, -0.2) is 29.9 Å². The zero-order valence-corrected chi connectivity index (χ0v) is 10.7. The highest BCUT2D eigenvalue weighted by Crippen LogP contribution is 2.18. The van der Waals surface area contributed by atoms with Crippen LogP contribution in [-0.2, 0) is 11.3 Å². The van der Waals surface area contributed by atoms with Crippen molar-refractivity contribution in [3.8, 4) is 0 Å². The summed E-state index contributed by atoms with van der Waals surface area (Å²) >= 11 is 6.11. The minimum atomic E-state index is -0.0972. The molecule has 3 nitrogen and oxygen atoms in total. The Morgan fingerprint density at radius 2 is 2.24 bits per heavy atom. The summed E-state index contributed by atoms with van der Waals surface area (Å²) in [5, 5.41) is 3.93. The van der Waals surface area contributed by atoms with E-state index in [2.05, 4.69) is 5.32 Å². The van der Waals surface area contributed by atoms with Crippen LogP contribution in [0.5, 0.6) is 0 Å². The minimum absolute atomic E-state index is 0.0972. The molecule has 0 spiro atoms. The van der Waals surface area contributed by atoms with Crippen LogP contribution < -0.4 is 5.32 Å². The van der Waals surface area contributed by atoms with Crippen LogP contribution in [0.25, 0.3) is 0 Å². The second kappa shape index (κ2) is 5.52. The summed E-state index contributed by atoms with van der Waals surface area (Å²) in [6.07, 6.45) is 0.987. The van der Waals surface area contributed by atoms with Crippen LogP contribution >= 0.6 is 11.6 Å². The monoisotopic (exact) mass is 252 g/mol. The number of hydrogen-bond acceptors (Lipinski definition) is 2. The summed E-state index contributed by atoms with van der Waals surface area (Å²) in [5.74, 6) is 0.155. The predicted molar refractivity (Wildman–Crippen MR) is 69.0 cm³/mol. The largest absolute Gasteiger partial charge is 0.337 e. The average Bonchev–Trinajstić information content (AvgIpc) is 2.47. The van der Waals surface area contributed by atoms with Gasteiger partial charge in [0, 0.05) is 18.1 Å². The number of nitrogens with one attached hydrogen (secondary N) is 1. The van der Waals surface area contributed by atoms with Gasteiger partial charge in [0.1, 0.15) is 0 Å². The van der Waals surface area contributed by atoms with Crippen LogP contribution in [0.2, 0.25) is 5.02 Å². The van der Waals surface area contributed by atoms with Gasteiger partial charge in [-0.2, -0.15) is 0 Å². The molecule has 17 heavy (non-hydrogen) atoms. The standard InChI is InChI=1S/C13H17ClN2O/c1-10-13(17)16(8-4-7-15-10)9-11-5-2-3-6-12(11)14/h2-3,5-6,10,15H,4,7-9H2,1H3. The molecule has 1 atom stereocenters. The number of carbonyl (C=O) groups excluding carboxylic acids is 1. The Morgan fingerprint density at radius 1 is 1.47 bits per heavy atom. The van der Waals surface area contributed by atoms with Crippen molar-refractivity contribution in [2.75, 3.05) is 13.1 Å². The lowest BCUT2D eigenvalue weighted by atomic mass is 10.2. The first-order valence-electron chi connectivity index (χ1n) is 5.94. The molecule has 0 aromatic heterocycles. The lowest BCUT2D eigenvalue weighted by molar-refractivity contribution is -0.132. The molecule has 1 amide bonds. The van der Waals surface area contributed by atoms with E-state index < -0.39 is 0 Å². The van der Waals surface area contributed by atoms with Crippen LogP contribution in [0, 0.1) is 0 Å². The van der Waals surface area contributed by atoms with E-state index in [1.54, 1.807) is 0 Å². The van der Waals surface area contributed by atoms with Gasteiger partial charge in [0.15, 0.2) is 0 Å². The highest BCUT2D eigenvalue weighted by molar-refractivity contribution is 6.31. The van der Waals surface area contributed by atoms with Crippen molar-refractivity contribution in [2.45, 2.75) is 25.9 Å². The summed E-state index contributed by atoms with van der Waals surface area (Å²) in [7, 11) is 0. The molecule has 4 heteroatoms. The number of amides is 1. The Morgan fingerprint density at radius 3 is 3.00 bits per heavy atom. The van der Waals surface area contributed by atoms with E-state index in [4.69, 9.17) is 11.6 Å². The second-order valence-electron chi connectivity index (χ2n) is 4.38. The first-order chi connectivity index (χ1) is 8.18. The lowest BCUT2D eigenvalue weighted by Crippen LogP contribution is -2.41. The number of hydrogen-bond donors (Lipinski definition) is 1. The molecule has 0 saturated carbocycles. The fraction of sp³-hybridized carbons (Fsp3) is 0.462. The Bertz CT molecular complexity index is 408. The molecule has 1 aliphatic rings. The van der Waals surface area contributed by atoms with Crippen molar-refractivity contribution in [2.24, 2.45) is 0 Å². The van der Waals surface area contributed by atoms with E-state index in [1.807, 2.05) is 36.1 Å². The van der Waals surface area contributed by atoms with Gasteiger partial charge in [-0.05, 0) is 31.5 Å². The molecule has 0 bridgehead atoms.